The van der Waals surface area contributed by atoms with E-state index in [9.17, 15) is 4.39 Å². The molecule has 1 aromatic carbocycles. The summed E-state index contributed by atoms with van der Waals surface area (Å²) in [7, 11) is 0. The van der Waals surface area contributed by atoms with E-state index >= 15 is 0 Å². The predicted molar refractivity (Wildman–Crippen MR) is 76.8 cm³/mol. The van der Waals surface area contributed by atoms with Crippen molar-refractivity contribution in [3.05, 3.63) is 50.8 Å². The van der Waals surface area contributed by atoms with Gasteiger partial charge in [-0.25, -0.2) is 9.37 Å². The quantitative estimate of drug-likeness (QED) is 0.740. The first-order chi connectivity index (χ1) is 9.72. The Labute approximate surface area is 123 Å². The van der Waals surface area contributed by atoms with Gasteiger partial charge < -0.3 is 9.73 Å². The monoisotopic (exact) mass is 308 g/mol. The number of oxazole rings is 1. The average molecular weight is 309 g/mol. The minimum absolute atomic E-state index is 0.0603. The lowest BCUT2D eigenvalue weighted by molar-refractivity contribution is 0.441. The zero-order chi connectivity index (χ0) is 13.7. The molecule has 102 valence electrons. The molecule has 6 heteroatoms. The van der Waals surface area contributed by atoms with Crippen molar-refractivity contribution in [1.82, 2.24) is 10.3 Å². The van der Waals surface area contributed by atoms with Crippen LogP contribution in [0.25, 0.3) is 11.1 Å². The van der Waals surface area contributed by atoms with E-state index in [4.69, 9.17) is 16.0 Å². The summed E-state index contributed by atoms with van der Waals surface area (Å²) >= 11 is 7.52. The van der Waals surface area contributed by atoms with E-state index in [1.165, 1.54) is 22.6 Å². The lowest BCUT2D eigenvalue weighted by Crippen LogP contribution is -2.29. The van der Waals surface area contributed by atoms with Crippen LogP contribution in [0.4, 0.5) is 4.39 Å². The molecule has 0 spiro atoms. The summed E-state index contributed by atoms with van der Waals surface area (Å²) < 4.78 is 19.2. The van der Waals surface area contributed by atoms with Crippen molar-refractivity contribution in [3.63, 3.8) is 0 Å². The topological polar surface area (TPSA) is 38.1 Å². The van der Waals surface area contributed by atoms with E-state index < -0.39 is 5.82 Å². The van der Waals surface area contributed by atoms with Gasteiger partial charge in [-0.2, -0.15) is 0 Å². The first kappa shape index (κ1) is 12.3. The number of halogens is 2. The van der Waals surface area contributed by atoms with Gasteiger partial charge in [0.25, 0.3) is 0 Å². The van der Waals surface area contributed by atoms with Crippen molar-refractivity contribution in [2.24, 2.45) is 0 Å². The third kappa shape index (κ3) is 1.85. The molecule has 4 rings (SSSR count). The maximum absolute atomic E-state index is 13.5. The molecule has 3 heterocycles. The van der Waals surface area contributed by atoms with E-state index in [0.29, 0.717) is 17.0 Å². The molecule has 1 unspecified atom stereocenters. The molecule has 0 amide bonds. The largest absolute Gasteiger partial charge is 0.438 e. The molecule has 1 aliphatic rings. The van der Waals surface area contributed by atoms with Gasteiger partial charge in [-0.3, -0.25) is 0 Å². The summed E-state index contributed by atoms with van der Waals surface area (Å²) in [5, 5.41) is 5.53. The van der Waals surface area contributed by atoms with Crippen LogP contribution < -0.4 is 5.32 Å². The highest BCUT2D eigenvalue weighted by molar-refractivity contribution is 7.10. The number of hydrogen-bond acceptors (Lipinski definition) is 4. The summed E-state index contributed by atoms with van der Waals surface area (Å²) in [6.45, 7) is 0.881. The molecule has 3 nitrogen and oxygen atoms in total. The van der Waals surface area contributed by atoms with Gasteiger partial charge in [-0.1, -0.05) is 11.6 Å². The van der Waals surface area contributed by atoms with Crippen LogP contribution in [0.2, 0.25) is 5.02 Å². The predicted octanol–water partition coefficient (Wildman–Crippen LogP) is 3.92. The summed E-state index contributed by atoms with van der Waals surface area (Å²) in [5.74, 6) is 0.0655. The van der Waals surface area contributed by atoms with Crippen molar-refractivity contribution < 1.29 is 8.81 Å². The van der Waals surface area contributed by atoms with Crippen LogP contribution in [0.15, 0.2) is 28.0 Å². The molecular formula is C14H10ClFN2OS. The molecular weight excluding hydrogens is 299 g/mol. The van der Waals surface area contributed by atoms with Gasteiger partial charge in [0.05, 0.1) is 5.02 Å². The maximum Gasteiger partial charge on any atom is 0.217 e. The Morgan fingerprint density at radius 1 is 1.45 bits per heavy atom. The maximum atomic E-state index is 13.5. The van der Waals surface area contributed by atoms with Gasteiger partial charge in [0, 0.05) is 17.5 Å². The lowest BCUT2D eigenvalue weighted by Gasteiger charge is -2.21. The van der Waals surface area contributed by atoms with Gasteiger partial charge in [0.1, 0.15) is 17.4 Å². The Kier molecular flexibility index (Phi) is 2.80. The van der Waals surface area contributed by atoms with Crippen molar-refractivity contribution in [2.75, 3.05) is 6.54 Å². The number of nitrogens with zero attached hydrogens (tertiary/aromatic N) is 1. The zero-order valence-corrected chi connectivity index (χ0v) is 11.9. The lowest BCUT2D eigenvalue weighted by atomic mass is 10.0. The molecule has 20 heavy (non-hydrogen) atoms. The first-order valence-corrected chi connectivity index (χ1v) is 7.53. The van der Waals surface area contributed by atoms with Crippen molar-refractivity contribution in [3.8, 4) is 0 Å². The summed E-state index contributed by atoms with van der Waals surface area (Å²) in [4.78, 5) is 5.79. The van der Waals surface area contributed by atoms with Crippen LogP contribution in [-0.2, 0) is 6.42 Å². The number of rotatable bonds is 1. The van der Waals surface area contributed by atoms with Crippen LogP contribution in [0.3, 0.4) is 0 Å². The molecule has 3 aromatic rings. The highest BCUT2D eigenvalue weighted by Crippen LogP contribution is 2.33. The van der Waals surface area contributed by atoms with E-state index in [-0.39, 0.29) is 11.1 Å². The second kappa shape index (κ2) is 4.55. The molecule has 0 fully saturated rings. The number of nitrogens with one attached hydrogen (secondary N) is 1. The number of fused-ring (bicyclic) bond motifs is 2. The molecule has 0 saturated carbocycles. The van der Waals surface area contributed by atoms with E-state index in [2.05, 4.69) is 21.7 Å². The summed E-state index contributed by atoms with van der Waals surface area (Å²) in [6, 6.07) is 4.79. The Hall–Kier alpha value is -1.43. The Bertz CT molecular complexity index is 759. The first-order valence-electron chi connectivity index (χ1n) is 6.27. The van der Waals surface area contributed by atoms with E-state index in [1.807, 2.05) is 0 Å². The highest BCUT2D eigenvalue weighted by Gasteiger charge is 2.26. The molecule has 1 atom stereocenters. The fourth-order valence-electron chi connectivity index (χ4n) is 2.54. The van der Waals surface area contributed by atoms with Gasteiger partial charge in [-0.05, 0) is 29.5 Å². The molecule has 0 aliphatic carbocycles. The van der Waals surface area contributed by atoms with Gasteiger partial charge in [0.2, 0.25) is 5.89 Å². The number of thiophene rings is 1. The zero-order valence-electron chi connectivity index (χ0n) is 10.3. The highest BCUT2D eigenvalue weighted by atomic mass is 35.5. The number of aromatic nitrogens is 1. The molecule has 2 aromatic heterocycles. The third-order valence-corrected chi connectivity index (χ3v) is 4.77. The fourth-order valence-corrected chi connectivity index (χ4v) is 3.61. The Balaban J connectivity index is 1.84. The Morgan fingerprint density at radius 3 is 3.25 bits per heavy atom. The van der Waals surface area contributed by atoms with E-state index in [1.54, 1.807) is 11.3 Å². The van der Waals surface area contributed by atoms with Gasteiger partial charge in [-0.15, -0.1) is 11.3 Å². The van der Waals surface area contributed by atoms with Crippen LogP contribution in [0.1, 0.15) is 22.4 Å². The van der Waals surface area contributed by atoms with Gasteiger partial charge in [0.15, 0.2) is 5.58 Å². The number of hydrogen-bond donors (Lipinski definition) is 1. The van der Waals surface area contributed by atoms with E-state index in [0.717, 1.165) is 13.0 Å². The smallest absolute Gasteiger partial charge is 0.217 e. The molecule has 1 N–H and O–H groups in total. The summed E-state index contributed by atoms with van der Waals surface area (Å²) in [6.07, 6.45) is 1.02. The Morgan fingerprint density at radius 2 is 2.35 bits per heavy atom. The minimum Gasteiger partial charge on any atom is -0.438 e. The van der Waals surface area contributed by atoms with Crippen LogP contribution >= 0.6 is 22.9 Å². The van der Waals surface area contributed by atoms with Crippen molar-refractivity contribution >= 4 is 34.0 Å². The van der Waals surface area contributed by atoms with Crippen LogP contribution in [-0.4, -0.2) is 11.5 Å². The standard InChI is InChI=1S/C14H10ClFN2OS/c15-8-5-10-11(6-9(8)16)19-14(18-10)13-7-2-4-20-12(7)1-3-17-13/h2,4-6,13,17H,1,3H2. The molecule has 0 saturated heterocycles. The minimum atomic E-state index is -0.491. The molecule has 0 radical (unpaired) electrons. The molecule has 1 aliphatic heterocycles. The number of benzene rings is 1. The second-order valence-corrected chi connectivity index (χ2v) is 6.13. The van der Waals surface area contributed by atoms with Crippen LogP contribution in [0, 0.1) is 5.82 Å². The second-order valence-electron chi connectivity index (χ2n) is 4.72. The fraction of sp³-hybridized carbons (Fsp3) is 0.214. The molecule has 0 bridgehead atoms. The van der Waals surface area contributed by atoms with Crippen LogP contribution in [0.5, 0.6) is 0 Å². The van der Waals surface area contributed by atoms with Gasteiger partial charge >= 0.3 is 0 Å². The summed E-state index contributed by atoms with van der Waals surface area (Å²) in [5.41, 5.74) is 2.20. The van der Waals surface area contributed by atoms with Crippen molar-refractivity contribution in [2.45, 2.75) is 12.5 Å². The third-order valence-electron chi connectivity index (χ3n) is 3.49. The SMILES string of the molecule is Fc1cc2oc(C3NCCc4sccc43)nc2cc1Cl. The normalized spacial score (nSPS) is 18.4. The van der Waals surface area contributed by atoms with Crippen molar-refractivity contribution in [1.29, 1.82) is 0 Å². The average Bonchev–Trinajstić information content (AvgIpc) is 3.05.